The number of hydrogen-bond acceptors (Lipinski definition) is 3. The molecule has 0 spiro atoms. The molecule has 3 amide bonds. The van der Waals surface area contributed by atoms with Crippen molar-refractivity contribution in [2.45, 2.75) is 57.9 Å². The summed E-state index contributed by atoms with van der Waals surface area (Å²) in [5, 5.41) is 2.61. The molecule has 0 radical (unpaired) electrons. The van der Waals surface area contributed by atoms with Gasteiger partial charge in [-0.1, -0.05) is 26.2 Å². The SMILES string of the molecule is CCCCCCC(=O)NCC(=O)N1CCCC1C(N)=O. The van der Waals surface area contributed by atoms with Crippen molar-refractivity contribution in [2.24, 2.45) is 5.73 Å². The fourth-order valence-electron chi connectivity index (χ4n) is 2.44. The minimum absolute atomic E-state index is 0.0452. The zero-order valence-electron chi connectivity index (χ0n) is 12.2. The van der Waals surface area contributed by atoms with Gasteiger partial charge in [-0.3, -0.25) is 14.4 Å². The van der Waals surface area contributed by atoms with Gasteiger partial charge in [0.25, 0.3) is 0 Å². The van der Waals surface area contributed by atoms with Crippen molar-refractivity contribution < 1.29 is 14.4 Å². The molecule has 1 heterocycles. The number of unbranched alkanes of at least 4 members (excludes halogenated alkanes) is 3. The molecule has 114 valence electrons. The van der Waals surface area contributed by atoms with Crippen LogP contribution in [0.3, 0.4) is 0 Å². The minimum atomic E-state index is -0.510. The van der Waals surface area contributed by atoms with Gasteiger partial charge in [0.2, 0.25) is 17.7 Å². The van der Waals surface area contributed by atoms with Crippen molar-refractivity contribution >= 4 is 17.7 Å². The highest BCUT2D eigenvalue weighted by Gasteiger charge is 2.32. The maximum Gasteiger partial charge on any atom is 0.242 e. The summed E-state index contributed by atoms with van der Waals surface area (Å²) in [7, 11) is 0. The zero-order valence-corrected chi connectivity index (χ0v) is 12.2. The van der Waals surface area contributed by atoms with Crippen LogP contribution in [0.2, 0.25) is 0 Å². The second-order valence-corrected chi connectivity index (χ2v) is 5.23. The Kier molecular flexibility index (Phi) is 7.04. The van der Waals surface area contributed by atoms with Gasteiger partial charge >= 0.3 is 0 Å². The van der Waals surface area contributed by atoms with Crippen LogP contribution < -0.4 is 11.1 Å². The summed E-state index contributed by atoms with van der Waals surface area (Å²) in [6.45, 7) is 2.61. The van der Waals surface area contributed by atoms with Crippen LogP contribution in [0.1, 0.15) is 51.9 Å². The molecule has 1 aliphatic heterocycles. The van der Waals surface area contributed by atoms with Crippen LogP contribution in [0.25, 0.3) is 0 Å². The number of likely N-dealkylation sites (tertiary alicyclic amines) is 1. The molecule has 3 N–H and O–H groups in total. The lowest BCUT2D eigenvalue weighted by molar-refractivity contribution is -0.137. The minimum Gasteiger partial charge on any atom is -0.368 e. The molecular weight excluding hydrogens is 258 g/mol. The van der Waals surface area contributed by atoms with Crippen LogP contribution >= 0.6 is 0 Å². The van der Waals surface area contributed by atoms with Gasteiger partial charge in [-0.25, -0.2) is 0 Å². The van der Waals surface area contributed by atoms with Gasteiger partial charge in [-0.15, -0.1) is 0 Å². The molecule has 0 aliphatic carbocycles. The van der Waals surface area contributed by atoms with E-state index in [0.717, 1.165) is 32.1 Å². The first-order chi connectivity index (χ1) is 9.56. The summed E-state index contributed by atoms with van der Waals surface area (Å²) >= 11 is 0. The van der Waals surface area contributed by atoms with Crippen molar-refractivity contribution in [2.75, 3.05) is 13.1 Å². The topological polar surface area (TPSA) is 92.5 Å². The normalized spacial score (nSPS) is 18.1. The van der Waals surface area contributed by atoms with Gasteiger partial charge in [-0.05, 0) is 19.3 Å². The van der Waals surface area contributed by atoms with E-state index in [1.807, 2.05) is 0 Å². The van der Waals surface area contributed by atoms with E-state index < -0.39 is 11.9 Å². The van der Waals surface area contributed by atoms with Gasteiger partial charge in [-0.2, -0.15) is 0 Å². The predicted octanol–water partition coefficient (Wildman–Crippen LogP) is 0.549. The number of carbonyl (C=O) groups is 3. The average Bonchev–Trinajstić information content (AvgIpc) is 2.90. The Bertz CT molecular complexity index is 358. The summed E-state index contributed by atoms with van der Waals surface area (Å²) in [6, 6.07) is -0.510. The fraction of sp³-hybridized carbons (Fsp3) is 0.786. The Morgan fingerprint density at radius 1 is 1.25 bits per heavy atom. The number of nitrogens with one attached hydrogen (secondary N) is 1. The zero-order chi connectivity index (χ0) is 15.0. The van der Waals surface area contributed by atoms with Crippen LogP contribution in [0, 0.1) is 0 Å². The van der Waals surface area contributed by atoms with Gasteiger partial charge in [0.1, 0.15) is 6.04 Å². The molecular formula is C14H25N3O3. The first-order valence-corrected chi connectivity index (χ1v) is 7.41. The van der Waals surface area contributed by atoms with Gasteiger partial charge in [0.15, 0.2) is 0 Å². The molecule has 0 aromatic rings. The van der Waals surface area contributed by atoms with E-state index in [2.05, 4.69) is 12.2 Å². The Labute approximate surface area is 120 Å². The van der Waals surface area contributed by atoms with Crippen LogP contribution in [-0.4, -0.2) is 41.8 Å². The second kappa shape index (κ2) is 8.55. The summed E-state index contributed by atoms with van der Waals surface area (Å²) in [5.74, 6) is -0.806. The van der Waals surface area contributed by atoms with Crippen molar-refractivity contribution in [3.8, 4) is 0 Å². The molecule has 0 bridgehead atoms. The third kappa shape index (κ3) is 5.19. The molecule has 0 aromatic heterocycles. The molecule has 1 aliphatic rings. The second-order valence-electron chi connectivity index (χ2n) is 5.23. The Morgan fingerprint density at radius 3 is 2.65 bits per heavy atom. The van der Waals surface area contributed by atoms with Crippen molar-refractivity contribution in [1.29, 1.82) is 0 Å². The Morgan fingerprint density at radius 2 is 2.00 bits per heavy atom. The first-order valence-electron chi connectivity index (χ1n) is 7.41. The maximum atomic E-state index is 11.9. The van der Waals surface area contributed by atoms with E-state index >= 15 is 0 Å². The number of hydrogen-bond donors (Lipinski definition) is 2. The van der Waals surface area contributed by atoms with E-state index in [1.165, 1.54) is 4.90 Å². The highest BCUT2D eigenvalue weighted by molar-refractivity contribution is 5.89. The third-order valence-corrected chi connectivity index (χ3v) is 3.60. The monoisotopic (exact) mass is 283 g/mol. The fourth-order valence-corrected chi connectivity index (χ4v) is 2.44. The van der Waals surface area contributed by atoms with Crippen LogP contribution in [-0.2, 0) is 14.4 Å². The molecule has 0 aromatic carbocycles. The van der Waals surface area contributed by atoms with Gasteiger partial charge < -0.3 is 16.0 Å². The number of nitrogens with two attached hydrogens (primary N) is 1. The molecule has 1 unspecified atom stereocenters. The molecule has 1 rings (SSSR count). The summed E-state index contributed by atoms with van der Waals surface area (Å²) in [4.78, 5) is 36.2. The van der Waals surface area contributed by atoms with Crippen molar-refractivity contribution in [1.82, 2.24) is 10.2 Å². The highest BCUT2D eigenvalue weighted by Crippen LogP contribution is 2.16. The van der Waals surface area contributed by atoms with Crippen LogP contribution in [0.15, 0.2) is 0 Å². The Hall–Kier alpha value is -1.59. The first kappa shape index (κ1) is 16.5. The van der Waals surface area contributed by atoms with Crippen molar-refractivity contribution in [3.05, 3.63) is 0 Å². The summed E-state index contributed by atoms with van der Waals surface area (Å²) < 4.78 is 0. The average molecular weight is 283 g/mol. The lowest BCUT2D eigenvalue weighted by Gasteiger charge is -2.22. The molecule has 6 nitrogen and oxygen atoms in total. The van der Waals surface area contributed by atoms with Gasteiger partial charge in [0, 0.05) is 13.0 Å². The molecule has 1 fully saturated rings. The number of amides is 3. The molecule has 1 atom stereocenters. The number of carbonyl (C=O) groups excluding carboxylic acids is 3. The largest absolute Gasteiger partial charge is 0.368 e. The smallest absolute Gasteiger partial charge is 0.242 e. The third-order valence-electron chi connectivity index (χ3n) is 3.60. The van der Waals surface area contributed by atoms with Crippen LogP contribution in [0.5, 0.6) is 0 Å². The van der Waals surface area contributed by atoms with Gasteiger partial charge in [0.05, 0.1) is 6.54 Å². The molecule has 20 heavy (non-hydrogen) atoms. The molecule has 6 heteroatoms. The van der Waals surface area contributed by atoms with E-state index in [9.17, 15) is 14.4 Å². The van der Waals surface area contributed by atoms with E-state index in [4.69, 9.17) is 5.73 Å². The summed E-state index contributed by atoms with van der Waals surface area (Å²) in [5.41, 5.74) is 5.26. The number of primary amides is 1. The molecule has 0 saturated carbocycles. The molecule has 1 saturated heterocycles. The maximum absolute atomic E-state index is 11.9. The van der Waals surface area contributed by atoms with Crippen molar-refractivity contribution in [3.63, 3.8) is 0 Å². The standard InChI is InChI=1S/C14H25N3O3/c1-2-3-4-5-8-12(18)16-10-13(19)17-9-6-7-11(17)14(15)20/h11H,2-10H2,1H3,(H2,15,20)(H,16,18). The number of nitrogens with zero attached hydrogens (tertiary/aromatic N) is 1. The predicted molar refractivity (Wildman–Crippen MR) is 75.7 cm³/mol. The Balaban J connectivity index is 2.25. The van der Waals surface area contributed by atoms with E-state index in [1.54, 1.807) is 0 Å². The summed E-state index contributed by atoms with van der Waals surface area (Å²) in [6.07, 6.45) is 5.99. The highest BCUT2D eigenvalue weighted by atomic mass is 16.2. The van der Waals surface area contributed by atoms with E-state index in [0.29, 0.717) is 19.4 Å². The quantitative estimate of drug-likeness (QED) is 0.637. The van der Waals surface area contributed by atoms with Crippen LogP contribution in [0.4, 0.5) is 0 Å². The van der Waals surface area contributed by atoms with E-state index in [-0.39, 0.29) is 18.4 Å². The lowest BCUT2D eigenvalue weighted by atomic mass is 10.1. The number of rotatable bonds is 8. The lowest BCUT2D eigenvalue weighted by Crippen LogP contribution is -2.47.